The molecular weight excluding hydrogens is 397 g/mol. The minimum atomic E-state index is -4.77. The summed E-state index contributed by atoms with van der Waals surface area (Å²) >= 11 is 0. The molecule has 3 rings (SSSR count). The SMILES string of the molecule is CC(=O)c1ccc(O)c(C(C)(C)Cc2nc(C)c3cc(OC(F)(F)F)ccc3n2)c1. The Kier molecular flexibility index (Phi) is 5.45. The number of alkyl halides is 3. The predicted octanol–water partition coefficient (Wildman–Crippen LogP) is 5.27. The number of halogens is 3. The van der Waals surface area contributed by atoms with Crippen molar-refractivity contribution in [3.8, 4) is 11.5 Å². The third-order valence-corrected chi connectivity index (χ3v) is 4.87. The number of aryl methyl sites for hydroxylation is 1. The largest absolute Gasteiger partial charge is 0.573 e. The van der Waals surface area contributed by atoms with Gasteiger partial charge in [0.25, 0.3) is 0 Å². The van der Waals surface area contributed by atoms with Crippen LogP contribution in [0.4, 0.5) is 13.2 Å². The molecule has 8 heteroatoms. The van der Waals surface area contributed by atoms with Gasteiger partial charge in [0.15, 0.2) is 5.78 Å². The van der Waals surface area contributed by atoms with Crippen molar-refractivity contribution in [2.24, 2.45) is 0 Å². The Hall–Kier alpha value is -3.16. The third-order valence-electron chi connectivity index (χ3n) is 4.87. The maximum atomic E-state index is 12.5. The first-order valence-electron chi connectivity index (χ1n) is 9.23. The van der Waals surface area contributed by atoms with Crippen LogP contribution in [0.25, 0.3) is 10.9 Å². The maximum Gasteiger partial charge on any atom is 0.573 e. The van der Waals surface area contributed by atoms with Crippen molar-refractivity contribution in [3.63, 3.8) is 0 Å². The summed E-state index contributed by atoms with van der Waals surface area (Å²) < 4.78 is 41.4. The van der Waals surface area contributed by atoms with Gasteiger partial charge in [-0.1, -0.05) is 13.8 Å². The van der Waals surface area contributed by atoms with E-state index in [1.165, 1.54) is 31.2 Å². The van der Waals surface area contributed by atoms with Crippen LogP contribution in [0, 0.1) is 6.92 Å². The molecule has 0 radical (unpaired) electrons. The molecular formula is C22H21F3N2O3. The second-order valence-electron chi connectivity index (χ2n) is 7.80. The van der Waals surface area contributed by atoms with E-state index in [0.29, 0.717) is 40.0 Å². The van der Waals surface area contributed by atoms with Crippen molar-refractivity contribution < 1.29 is 27.8 Å². The van der Waals surface area contributed by atoms with Gasteiger partial charge >= 0.3 is 6.36 Å². The number of ketones is 1. The van der Waals surface area contributed by atoms with Crippen LogP contribution in [0.1, 0.15) is 48.2 Å². The van der Waals surface area contributed by atoms with Gasteiger partial charge in [0.05, 0.1) is 5.52 Å². The molecule has 0 unspecified atom stereocenters. The zero-order valence-corrected chi connectivity index (χ0v) is 17.0. The molecule has 2 aromatic carbocycles. The molecule has 0 aliphatic rings. The van der Waals surface area contributed by atoms with Crippen LogP contribution in [0.2, 0.25) is 0 Å². The zero-order valence-electron chi connectivity index (χ0n) is 17.0. The van der Waals surface area contributed by atoms with E-state index < -0.39 is 11.8 Å². The van der Waals surface area contributed by atoms with E-state index in [0.717, 1.165) is 0 Å². The number of hydrogen-bond acceptors (Lipinski definition) is 5. The molecule has 158 valence electrons. The molecule has 0 aliphatic carbocycles. The van der Waals surface area contributed by atoms with Gasteiger partial charge in [0.2, 0.25) is 0 Å². The number of phenols is 1. The van der Waals surface area contributed by atoms with Crippen molar-refractivity contribution in [2.75, 3.05) is 0 Å². The smallest absolute Gasteiger partial charge is 0.508 e. The normalized spacial score (nSPS) is 12.2. The average Bonchev–Trinajstić information content (AvgIpc) is 2.60. The minimum absolute atomic E-state index is 0.0662. The van der Waals surface area contributed by atoms with Gasteiger partial charge in [0.1, 0.15) is 17.3 Å². The first kappa shape index (κ1) is 21.5. The van der Waals surface area contributed by atoms with Crippen molar-refractivity contribution >= 4 is 16.7 Å². The second kappa shape index (κ2) is 7.59. The van der Waals surface area contributed by atoms with Crippen LogP contribution < -0.4 is 4.74 Å². The number of phenolic OH excluding ortho intramolecular Hbond substituents is 1. The molecule has 1 N–H and O–H groups in total. The summed E-state index contributed by atoms with van der Waals surface area (Å²) in [5, 5.41) is 10.8. The highest BCUT2D eigenvalue weighted by atomic mass is 19.4. The molecule has 0 bridgehead atoms. The molecule has 0 fully saturated rings. The van der Waals surface area contributed by atoms with Crippen molar-refractivity contribution in [1.29, 1.82) is 0 Å². The summed E-state index contributed by atoms with van der Waals surface area (Å²) in [6.45, 7) is 6.94. The molecule has 1 aromatic heterocycles. The predicted molar refractivity (Wildman–Crippen MR) is 106 cm³/mol. The number of rotatable bonds is 5. The molecule has 0 aliphatic heterocycles. The lowest BCUT2D eigenvalue weighted by molar-refractivity contribution is -0.274. The monoisotopic (exact) mass is 418 g/mol. The number of aromatic nitrogens is 2. The second-order valence-corrected chi connectivity index (χ2v) is 7.80. The fourth-order valence-corrected chi connectivity index (χ4v) is 3.38. The van der Waals surface area contributed by atoms with Crippen LogP contribution >= 0.6 is 0 Å². The Balaban J connectivity index is 1.96. The number of Topliss-reactive ketones (excluding diaryl/α,β-unsaturated/α-hetero) is 1. The molecule has 3 aromatic rings. The summed E-state index contributed by atoms with van der Waals surface area (Å²) in [7, 11) is 0. The molecule has 0 atom stereocenters. The Labute approximate surface area is 171 Å². The number of benzene rings is 2. The molecule has 0 saturated carbocycles. The lowest BCUT2D eigenvalue weighted by Gasteiger charge is -2.26. The van der Waals surface area contributed by atoms with E-state index in [2.05, 4.69) is 14.7 Å². The van der Waals surface area contributed by atoms with Crippen molar-refractivity contribution in [1.82, 2.24) is 9.97 Å². The van der Waals surface area contributed by atoms with Gasteiger partial charge < -0.3 is 9.84 Å². The number of carbonyl (C=O) groups excluding carboxylic acids is 1. The molecule has 1 heterocycles. The van der Waals surface area contributed by atoms with Crippen LogP contribution in [0.3, 0.4) is 0 Å². The van der Waals surface area contributed by atoms with Crippen molar-refractivity contribution in [3.05, 3.63) is 59.0 Å². The van der Waals surface area contributed by atoms with Crippen molar-refractivity contribution in [2.45, 2.75) is 45.9 Å². The number of ether oxygens (including phenoxy) is 1. The first-order chi connectivity index (χ1) is 13.9. The lowest BCUT2D eigenvalue weighted by Crippen LogP contribution is -2.23. The van der Waals surface area contributed by atoms with E-state index in [-0.39, 0.29) is 17.3 Å². The van der Waals surface area contributed by atoms with Crippen LogP contribution in [0.15, 0.2) is 36.4 Å². The van der Waals surface area contributed by atoms with Gasteiger partial charge in [-0.25, -0.2) is 9.97 Å². The van der Waals surface area contributed by atoms with E-state index >= 15 is 0 Å². The highest BCUT2D eigenvalue weighted by Crippen LogP contribution is 2.35. The van der Waals surface area contributed by atoms with E-state index in [9.17, 15) is 23.1 Å². The Morgan fingerprint density at radius 3 is 2.43 bits per heavy atom. The number of aromatic hydroxyl groups is 1. The summed E-state index contributed by atoms with van der Waals surface area (Å²) in [4.78, 5) is 20.6. The van der Waals surface area contributed by atoms with Gasteiger partial charge in [-0.05, 0) is 50.2 Å². The molecule has 0 spiro atoms. The number of hydrogen-bond donors (Lipinski definition) is 1. The standard InChI is InChI=1S/C22H21F3N2O3/c1-12-16-10-15(30-22(23,24)25)6-7-18(16)27-20(26-12)11-21(3,4)17-9-14(13(2)28)5-8-19(17)29/h5-10,29H,11H2,1-4H3. The molecule has 0 saturated heterocycles. The van der Waals surface area contributed by atoms with Gasteiger partial charge in [-0.2, -0.15) is 0 Å². The van der Waals surface area contributed by atoms with E-state index in [4.69, 9.17) is 0 Å². The summed E-state index contributed by atoms with van der Waals surface area (Å²) in [5.41, 5.74) is 1.48. The third kappa shape index (κ3) is 4.69. The van der Waals surface area contributed by atoms with E-state index in [1.807, 2.05) is 13.8 Å². The number of nitrogens with zero attached hydrogens (tertiary/aromatic N) is 2. The summed E-state index contributed by atoms with van der Waals surface area (Å²) in [6.07, 6.45) is -4.43. The number of carbonyl (C=O) groups is 1. The summed E-state index contributed by atoms with van der Waals surface area (Å²) in [6, 6.07) is 8.63. The lowest BCUT2D eigenvalue weighted by atomic mass is 9.79. The first-order valence-corrected chi connectivity index (χ1v) is 9.23. The van der Waals surface area contributed by atoms with Crippen LogP contribution in [-0.4, -0.2) is 27.2 Å². The number of fused-ring (bicyclic) bond motifs is 1. The Morgan fingerprint density at radius 2 is 1.80 bits per heavy atom. The fourth-order valence-electron chi connectivity index (χ4n) is 3.38. The topological polar surface area (TPSA) is 72.3 Å². The van der Waals surface area contributed by atoms with Crippen LogP contribution in [0.5, 0.6) is 11.5 Å². The molecule has 5 nitrogen and oxygen atoms in total. The Morgan fingerprint density at radius 1 is 1.10 bits per heavy atom. The minimum Gasteiger partial charge on any atom is -0.508 e. The quantitative estimate of drug-likeness (QED) is 0.572. The van der Waals surface area contributed by atoms with E-state index in [1.54, 1.807) is 19.1 Å². The zero-order chi connectivity index (χ0) is 22.3. The highest BCUT2D eigenvalue weighted by molar-refractivity contribution is 5.94. The average molecular weight is 418 g/mol. The maximum absolute atomic E-state index is 12.5. The highest BCUT2D eigenvalue weighted by Gasteiger charge is 2.31. The van der Waals surface area contributed by atoms with Gasteiger partial charge in [0, 0.05) is 34.0 Å². The molecule has 30 heavy (non-hydrogen) atoms. The van der Waals surface area contributed by atoms with Crippen LogP contribution in [-0.2, 0) is 11.8 Å². The molecule has 0 amide bonds. The fraction of sp³-hybridized carbons (Fsp3) is 0.318. The van der Waals surface area contributed by atoms with Gasteiger partial charge in [-0.15, -0.1) is 13.2 Å². The van der Waals surface area contributed by atoms with Gasteiger partial charge in [-0.3, -0.25) is 4.79 Å². The summed E-state index contributed by atoms with van der Waals surface area (Å²) in [5.74, 6) is 0.0982. The Bertz CT molecular complexity index is 1120.